The number of aliphatic hydroxyl groups is 1. The van der Waals surface area contributed by atoms with E-state index in [1.54, 1.807) is 58.2 Å². The van der Waals surface area contributed by atoms with Crippen molar-refractivity contribution in [2.24, 2.45) is 0 Å². The molecular formula is C24H33FN7O6PS. The van der Waals surface area contributed by atoms with Gasteiger partial charge in [0.1, 0.15) is 24.0 Å². The maximum atomic E-state index is 16.0. The number of anilines is 2. The molecule has 5 N–H and O–H groups in total. The summed E-state index contributed by atoms with van der Waals surface area (Å²) >= 11 is 5.70. The van der Waals surface area contributed by atoms with Gasteiger partial charge in [-0.05, 0) is 51.6 Å². The zero-order chi connectivity index (χ0) is 29.2. The SMILES string of the molecule is CNc1nc(N)nc2c1ncn2C1OC(COP(=S)(N[C@@H](C)C(=O)OC(C)C)Oc2ccccc2)[C@@H](O)[C@@]1(C)F. The summed E-state index contributed by atoms with van der Waals surface area (Å²) in [5, 5.41) is 16.7. The minimum atomic E-state index is -3.45. The van der Waals surface area contributed by atoms with Gasteiger partial charge in [-0.1, -0.05) is 18.2 Å². The van der Waals surface area contributed by atoms with E-state index >= 15 is 4.39 Å². The van der Waals surface area contributed by atoms with E-state index in [1.807, 2.05) is 0 Å². The number of para-hydroxylation sites is 1. The minimum Gasteiger partial charge on any atom is -0.462 e. The van der Waals surface area contributed by atoms with Crippen molar-refractivity contribution in [3.05, 3.63) is 36.7 Å². The maximum Gasteiger partial charge on any atom is 0.323 e. The zero-order valence-corrected chi connectivity index (χ0v) is 24.4. The van der Waals surface area contributed by atoms with Crippen LogP contribution in [-0.2, 0) is 30.6 Å². The lowest BCUT2D eigenvalue weighted by Crippen LogP contribution is -2.41. The lowest BCUT2D eigenvalue weighted by Gasteiger charge is -2.28. The third-order valence-electron chi connectivity index (χ3n) is 6.08. The summed E-state index contributed by atoms with van der Waals surface area (Å²) in [5.41, 5.74) is 4.11. The van der Waals surface area contributed by atoms with Gasteiger partial charge in [0.05, 0.1) is 19.0 Å². The van der Waals surface area contributed by atoms with Gasteiger partial charge < -0.3 is 34.7 Å². The highest BCUT2D eigenvalue weighted by Crippen LogP contribution is 2.48. The van der Waals surface area contributed by atoms with E-state index in [4.69, 9.17) is 36.1 Å². The van der Waals surface area contributed by atoms with E-state index in [0.29, 0.717) is 17.1 Å². The van der Waals surface area contributed by atoms with Crippen LogP contribution in [-0.4, -0.2) is 74.3 Å². The first-order chi connectivity index (χ1) is 18.8. The van der Waals surface area contributed by atoms with Crippen molar-refractivity contribution in [1.29, 1.82) is 0 Å². The number of imidazole rings is 1. The Morgan fingerprint density at radius 3 is 2.67 bits per heavy atom. The zero-order valence-electron chi connectivity index (χ0n) is 22.6. The van der Waals surface area contributed by atoms with Crippen molar-refractivity contribution in [3.63, 3.8) is 0 Å². The number of halogens is 1. The van der Waals surface area contributed by atoms with E-state index in [9.17, 15) is 9.90 Å². The van der Waals surface area contributed by atoms with Crippen LogP contribution in [0.25, 0.3) is 11.2 Å². The van der Waals surface area contributed by atoms with Crippen LogP contribution in [0.1, 0.15) is 33.9 Å². The van der Waals surface area contributed by atoms with Crippen LogP contribution in [0.4, 0.5) is 16.2 Å². The molecular weight excluding hydrogens is 564 g/mol. The Balaban J connectivity index is 1.56. The fraction of sp³-hybridized carbons (Fsp3) is 0.500. The third kappa shape index (κ3) is 6.35. The van der Waals surface area contributed by atoms with Gasteiger partial charge in [0, 0.05) is 7.05 Å². The number of hydrogen-bond acceptors (Lipinski definition) is 12. The van der Waals surface area contributed by atoms with Crippen molar-refractivity contribution >= 4 is 47.3 Å². The summed E-state index contributed by atoms with van der Waals surface area (Å²) in [6.45, 7) is 2.42. The molecule has 16 heteroatoms. The number of esters is 1. The maximum absolute atomic E-state index is 16.0. The van der Waals surface area contributed by atoms with Crippen LogP contribution in [0.5, 0.6) is 5.75 Å². The number of fused-ring (bicyclic) bond motifs is 1. The first-order valence-electron chi connectivity index (χ1n) is 12.5. The number of rotatable bonds is 11. The first kappa shape index (κ1) is 30.0. The monoisotopic (exact) mass is 597 g/mol. The number of benzene rings is 1. The largest absolute Gasteiger partial charge is 0.462 e. The quantitative estimate of drug-likeness (QED) is 0.188. The smallest absolute Gasteiger partial charge is 0.323 e. The lowest BCUT2D eigenvalue weighted by molar-refractivity contribution is -0.149. The summed E-state index contributed by atoms with van der Waals surface area (Å²) in [6.07, 6.45) is -3.12. The summed E-state index contributed by atoms with van der Waals surface area (Å²) in [5.74, 6) is 0.154. The number of carbonyl (C=O) groups excluding carboxylic acids is 1. The molecule has 0 spiro atoms. The van der Waals surface area contributed by atoms with Gasteiger partial charge in [-0.25, -0.2) is 14.5 Å². The number of nitrogens with two attached hydrogens (primary N) is 1. The van der Waals surface area contributed by atoms with Crippen LogP contribution >= 0.6 is 6.64 Å². The van der Waals surface area contributed by atoms with Gasteiger partial charge in [0.25, 0.3) is 0 Å². The summed E-state index contributed by atoms with van der Waals surface area (Å²) < 4.78 is 40.5. The highest BCUT2D eigenvalue weighted by atomic mass is 32.5. The minimum absolute atomic E-state index is 0.0486. The molecule has 40 heavy (non-hydrogen) atoms. The molecule has 1 fully saturated rings. The van der Waals surface area contributed by atoms with Crippen molar-refractivity contribution in [1.82, 2.24) is 24.6 Å². The molecule has 3 unspecified atom stereocenters. The first-order valence-corrected chi connectivity index (χ1v) is 15.2. The van der Waals surface area contributed by atoms with Gasteiger partial charge in [0.15, 0.2) is 28.9 Å². The van der Waals surface area contributed by atoms with Crippen LogP contribution in [0.3, 0.4) is 0 Å². The van der Waals surface area contributed by atoms with Gasteiger partial charge in [-0.3, -0.25) is 9.36 Å². The fourth-order valence-corrected chi connectivity index (χ4v) is 6.55. The highest BCUT2D eigenvalue weighted by Gasteiger charge is 2.56. The van der Waals surface area contributed by atoms with Crippen molar-refractivity contribution in [2.45, 2.75) is 63.9 Å². The van der Waals surface area contributed by atoms with Crippen LogP contribution in [0.2, 0.25) is 0 Å². The number of carbonyl (C=O) groups is 1. The molecule has 3 aromatic rings. The molecule has 1 aliphatic rings. The normalized spacial score (nSPS) is 25.1. The van der Waals surface area contributed by atoms with Gasteiger partial charge in [-0.2, -0.15) is 9.97 Å². The van der Waals surface area contributed by atoms with E-state index in [2.05, 4.69) is 25.4 Å². The summed E-state index contributed by atoms with van der Waals surface area (Å²) in [6, 6.07) is 7.77. The number of aliphatic hydroxyl groups excluding tert-OH is 1. The Labute approximate surface area is 235 Å². The van der Waals surface area contributed by atoms with Gasteiger partial charge in [-0.15, -0.1) is 0 Å². The number of nitrogen functional groups attached to an aromatic ring is 1. The topological polar surface area (TPSA) is 168 Å². The molecule has 218 valence electrons. The predicted molar refractivity (Wildman–Crippen MR) is 150 cm³/mol. The van der Waals surface area contributed by atoms with Crippen LogP contribution in [0, 0.1) is 0 Å². The van der Waals surface area contributed by atoms with E-state index in [-0.39, 0.29) is 24.3 Å². The summed E-state index contributed by atoms with van der Waals surface area (Å²) in [4.78, 5) is 25.0. The van der Waals surface area contributed by atoms with Crippen LogP contribution < -0.4 is 20.7 Å². The molecule has 0 amide bonds. The number of nitrogens with zero attached hydrogens (tertiary/aromatic N) is 4. The average Bonchev–Trinajstić information content (AvgIpc) is 3.40. The number of nitrogens with one attached hydrogen (secondary N) is 2. The van der Waals surface area contributed by atoms with E-state index < -0.39 is 42.8 Å². The third-order valence-corrected chi connectivity index (χ3v) is 8.58. The van der Waals surface area contributed by atoms with Crippen LogP contribution in [0.15, 0.2) is 36.7 Å². The molecule has 6 atom stereocenters. The highest BCUT2D eigenvalue weighted by molar-refractivity contribution is 8.09. The Bertz CT molecular complexity index is 1390. The second-order valence-corrected chi connectivity index (χ2v) is 12.8. The fourth-order valence-electron chi connectivity index (χ4n) is 4.14. The van der Waals surface area contributed by atoms with Gasteiger partial charge >= 0.3 is 12.6 Å². The predicted octanol–water partition coefficient (Wildman–Crippen LogP) is 2.69. The van der Waals surface area contributed by atoms with Gasteiger partial charge in [0.2, 0.25) is 5.95 Å². The molecule has 0 saturated carbocycles. The number of ether oxygens (including phenoxy) is 2. The Hall–Kier alpha value is -2.94. The number of hydrogen-bond donors (Lipinski definition) is 4. The second kappa shape index (κ2) is 11.9. The molecule has 1 aromatic carbocycles. The molecule has 1 saturated heterocycles. The van der Waals surface area contributed by atoms with E-state index in [1.165, 1.54) is 17.8 Å². The molecule has 13 nitrogen and oxygen atoms in total. The lowest BCUT2D eigenvalue weighted by atomic mass is 9.98. The molecule has 0 bridgehead atoms. The van der Waals surface area contributed by atoms with E-state index in [0.717, 1.165) is 0 Å². The Morgan fingerprint density at radius 1 is 1.32 bits per heavy atom. The molecule has 0 radical (unpaired) electrons. The standard InChI is InChI=1S/C24H33FN7O6PS/c1-13(2)36-21(34)14(3)31-39(40,38-15-9-7-6-8-10-15)35-11-16-18(33)24(4,25)22(37-16)32-12-28-17-19(27-5)29-23(26)30-20(17)32/h6-10,12-14,16,18,22,33H,11H2,1-5H3,(H,31,40)(H3,26,27,29,30)/t14-,16?,18+,22?,24+,39?/m0/s1. The number of alkyl halides is 1. The Kier molecular flexibility index (Phi) is 8.93. The summed E-state index contributed by atoms with van der Waals surface area (Å²) in [7, 11) is 1.64. The van der Waals surface area contributed by atoms with Crippen molar-refractivity contribution < 1.29 is 32.8 Å². The molecule has 2 aromatic heterocycles. The molecule has 1 aliphatic heterocycles. The van der Waals surface area contributed by atoms with Crippen molar-refractivity contribution in [2.75, 3.05) is 24.7 Å². The molecule has 0 aliphatic carbocycles. The Morgan fingerprint density at radius 2 is 2.02 bits per heavy atom. The second-order valence-electron chi connectivity index (χ2n) is 9.66. The average molecular weight is 598 g/mol. The van der Waals surface area contributed by atoms with Crippen molar-refractivity contribution in [3.8, 4) is 5.75 Å². The molecule has 4 rings (SSSR count). The molecule has 3 heterocycles. The number of aromatic nitrogens is 4.